The zero-order valence-electron chi connectivity index (χ0n) is 19.3. The molecule has 1 amide bonds. The summed E-state index contributed by atoms with van der Waals surface area (Å²) in [6.07, 6.45) is 1.02. The van der Waals surface area contributed by atoms with Crippen molar-refractivity contribution in [2.45, 2.75) is 45.6 Å². The molecule has 0 spiro atoms. The maximum Gasteiger partial charge on any atom is 0.274 e. The van der Waals surface area contributed by atoms with E-state index in [1.54, 1.807) is 40.9 Å². The second-order valence-electron chi connectivity index (χ2n) is 9.11. The molecule has 2 aromatic heterocycles. The van der Waals surface area contributed by atoms with Gasteiger partial charge in [-0.3, -0.25) is 9.59 Å². The SMILES string of the molecule is Cc1cc2n(CC(=O)Nc3ccc(S(=O)(=O)N4C[C@H](C)C[C@@H](C)C4)cc3)c(C)cc(=O)n2n1. The predicted octanol–water partition coefficient (Wildman–Crippen LogP) is 2.42. The summed E-state index contributed by atoms with van der Waals surface area (Å²) in [5.41, 5.74) is 2.12. The van der Waals surface area contributed by atoms with Gasteiger partial charge in [-0.1, -0.05) is 13.8 Å². The fourth-order valence-corrected chi connectivity index (χ4v) is 6.23. The standard InChI is InChI=1S/C23H29N5O4S/c1-15-9-16(2)13-26(12-15)33(31,32)20-7-5-19(6-8-20)24-21(29)14-27-18(4)11-23(30)28-22(27)10-17(3)25-28/h5-8,10-11,15-16H,9,12-14H2,1-4H3,(H,24,29)/t15-,16-/m1/s1. The van der Waals surface area contributed by atoms with E-state index in [0.29, 0.717) is 47.6 Å². The predicted molar refractivity (Wildman–Crippen MR) is 126 cm³/mol. The Morgan fingerprint density at radius 3 is 2.36 bits per heavy atom. The number of nitrogens with zero attached hydrogens (tertiary/aromatic N) is 4. The quantitative estimate of drug-likeness (QED) is 0.615. The molecule has 33 heavy (non-hydrogen) atoms. The van der Waals surface area contributed by atoms with E-state index < -0.39 is 10.0 Å². The molecule has 3 aromatic rings. The summed E-state index contributed by atoms with van der Waals surface area (Å²) < 4.78 is 30.6. The van der Waals surface area contributed by atoms with Gasteiger partial charge in [0.05, 0.1) is 10.6 Å². The number of piperidine rings is 1. The van der Waals surface area contributed by atoms with Crippen LogP contribution in [0, 0.1) is 25.7 Å². The highest BCUT2D eigenvalue weighted by Gasteiger charge is 2.31. The van der Waals surface area contributed by atoms with Gasteiger partial charge in [0, 0.05) is 36.6 Å². The molecule has 0 saturated carbocycles. The third-order valence-corrected chi connectivity index (χ3v) is 7.81. The van der Waals surface area contributed by atoms with Gasteiger partial charge in [-0.25, -0.2) is 8.42 Å². The van der Waals surface area contributed by atoms with E-state index in [-0.39, 0.29) is 22.9 Å². The van der Waals surface area contributed by atoms with E-state index in [1.807, 2.05) is 0 Å². The number of amides is 1. The molecule has 9 nitrogen and oxygen atoms in total. The lowest BCUT2D eigenvalue weighted by Gasteiger charge is -2.34. The van der Waals surface area contributed by atoms with Crippen LogP contribution >= 0.6 is 0 Å². The molecular weight excluding hydrogens is 442 g/mol. The first-order valence-electron chi connectivity index (χ1n) is 11.0. The molecule has 1 aliphatic heterocycles. The summed E-state index contributed by atoms with van der Waals surface area (Å²) in [5, 5.41) is 6.98. The number of benzene rings is 1. The van der Waals surface area contributed by atoms with E-state index in [9.17, 15) is 18.0 Å². The summed E-state index contributed by atoms with van der Waals surface area (Å²) in [5.74, 6) is 0.353. The first-order chi connectivity index (χ1) is 15.5. The highest BCUT2D eigenvalue weighted by molar-refractivity contribution is 7.89. The van der Waals surface area contributed by atoms with Crippen molar-refractivity contribution < 1.29 is 13.2 Å². The summed E-state index contributed by atoms with van der Waals surface area (Å²) in [6, 6.07) is 9.44. The van der Waals surface area contributed by atoms with Gasteiger partial charge >= 0.3 is 0 Å². The molecule has 0 unspecified atom stereocenters. The van der Waals surface area contributed by atoms with Gasteiger partial charge in [0.1, 0.15) is 12.2 Å². The fourth-order valence-electron chi connectivity index (χ4n) is 4.55. The lowest BCUT2D eigenvalue weighted by Crippen LogP contribution is -2.42. The second kappa shape index (κ2) is 8.75. The Labute approximate surface area is 193 Å². The molecule has 10 heteroatoms. The Morgan fingerprint density at radius 2 is 1.73 bits per heavy atom. The van der Waals surface area contributed by atoms with Gasteiger partial charge in [-0.15, -0.1) is 0 Å². The largest absolute Gasteiger partial charge is 0.325 e. The molecule has 1 fully saturated rings. The summed E-state index contributed by atoms with van der Waals surface area (Å²) in [6.45, 7) is 8.72. The smallest absolute Gasteiger partial charge is 0.274 e. The van der Waals surface area contributed by atoms with Crippen molar-refractivity contribution in [1.82, 2.24) is 18.5 Å². The van der Waals surface area contributed by atoms with Crippen LogP contribution in [0.5, 0.6) is 0 Å². The Balaban J connectivity index is 1.49. The van der Waals surface area contributed by atoms with Crippen molar-refractivity contribution >= 4 is 27.3 Å². The molecule has 1 aliphatic rings. The number of nitrogens with one attached hydrogen (secondary N) is 1. The number of hydrogen-bond donors (Lipinski definition) is 1. The van der Waals surface area contributed by atoms with Crippen molar-refractivity contribution in [3.63, 3.8) is 0 Å². The van der Waals surface area contributed by atoms with Gasteiger partial charge in [-0.2, -0.15) is 13.9 Å². The Morgan fingerprint density at radius 1 is 1.09 bits per heavy atom. The van der Waals surface area contributed by atoms with Crippen LogP contribution in [0.2, 0.25) is 0 Å². The lowest BCUT2D eigenvalue weighted by molar-refractivity contribution is -0.116. The van der Waals surface area contributed by atoms with Crippen molar-refractivity contribution in [2.75, 3.05) is 18.4 Å². The maximum atomic E-state index is 13.0. The van der Waals surface area contributed by atoms with Crippen LogP contribution in [0.25, 0.3) is 5.65 Å². The molecule has 1 saturated heterocycles. The second-order valence-corrected chi connectivity index (χ2v) is 11.0. The molecule has 0 bridgehead atoms. The van der Waals surface area contributed by atoms with E-state index in [2.05, 4.69) is 24.3 Å². The number of aromatic nitrogens is 3. The minimum Gasteiger partial charge on any atom is -0.325 e. The molecule has 0 radical (unpaired) electrons. The van der Waals surface area contributed by atoms with E-state index >= 15 is 0 Å². The first-order valence-corrected chi connectivity index (χ1v) is 12.5. The van der Waals surface area contributed by atoms with Crippen LogP contribution < -0.4 is 10.9 Å². The maximum absolute atomic E-state index is 13.0. The molecule has 1 N–H and O–H groups in total. The van der Waals surface area contributed by atoms with Crippen LogP contribution in [0.4, 0.5) is 5.69 Å². The number of fused-ring (bicyclic) bond motifs is 1. The minimum absolute atomic E-state index is 0.00957. The Hall–Kier alpha value is -2.98. The zero-order chi connectivity index (χ0) is 23.9. The zero-order valence-corrected chi connectivity index (χ0v) is 20.1. The number of hydrogen-bond acceptors (Lipinski definition) is 5. The van der Waals surface area contributed by atoms with Crippen molar-refractivity contribution in [1.29, 1.82) is 0 Å². The molecule has 2 atom stereocenters. The molecule has 176 valence electrons. The summed E-state index contributed by atoms with van der Waals surface area (Å²) in [4.78, 5) is 25.1. The van der Waals surface area contributed by atoms with Crippen LogP contribution in [0.1, 0.15) is 31.7 Å². The number of anilines is 1. The molecular formula is C23H29N5O4S. The van der Waals surface area contributed by atoms with Gasteiger partial charge in [-0.05, 0) is 56.4 Å². The van der Waals surface area contributed by atoms with Gasteiger partial charge < -0.3 is 9.88 Å². The summed E-state index contributed by atoms with van der Waals surface area (Å²) >= 11 is 0. The third kappa shape index (κ3) is 4.72. The average Bonchev–Trinajstić information content (AvgIpc) is 3.13. The first kappa shape index (κ1) is 23.2. The highest BCUT2D eigenvalue weighted by atomic mass is 32.2. The molecule has 0 aliphatic carbocycles. The average molecular weight is 472 g/mol. The van der Waals surface area contributed by atoms with Gasteiger partial charge in [0.15, 0.2) is 0 Å². The number of carbonyl (C=O) groups excluding carboxylic acids is 1. The normalized spacial score (nSPS) is 19.6. The van der Waals surface area contributed by atoms with Crippen molar-refractivity contribution in [3.05, 3.63) is 58.1 Å². The number of rotatable bonds is 5. The number of aryl methyl sites for hydroxylation is 2. The Kier molecular flexibility index (Phi) is 6.15. The van der Waals surface area contributed by atoms with Crippen molar-refractivity contribution in [3.8, 4) is 0 Å². The topological polar surface area (TPSA) is 106 Å². The monoisotopic (exact) mass is 471 g/mol. The van der Waals surface area contributed by atoms with Crippen LogP contribution in [0.3, 0.4) is 0 Å². The number of sulfonamides is 1. The molecule has 1 aromatic carbocycles. The number of carbonyl (C=O) groups is 1. The summed E-state index contributed by atoms with van der Waals surface area (Å²) in [7, 11) is -3.58. The van der Waals surface area contributed by atoms with E-state index in [0.717, 1.165) is 6.42 Å². The van der Waals surface area contributed by atoms with E-state index in [1.165, 1.54) is 22.7 Å². The van der Waals surface area contributed by atoms with Crippen molar-refractivity contribution in [2.24, 2.45) is 11.8 Å². The molecule has 3 heterocycles. The van der Waals surface area contributed by atoms with Crippen LogP contribution in [0.15, 0.2) is 46.1 Å². The lowest BCUT2D eigenvalue weighted by atomic mass is 9.94. The highest BCUT2D eigenvalue weighted by Crippen LogP contribution is 2.27. The fraction of sp³-hybridized carbons (Fsp3) is 0.435. The Bertz CT molecular complexity index is 1350. The van der Waals surface area contributed by atoms with Crippen LogP contribution in [-0.4, -0.2) is 45.9 Å². The van der Waals surface area contributed by atoms with Gasteiger partial charge in [0.25, 0.3) is 5.56 Å². The third-order valence-electron chi connectivity index (χ3n) is 5.97. The molecule has 4 rings (SSSR count). The van der Waals surface area contributed by atoms with Crippen LogP contribution in [-0.2, 0) is 21.4 Å². The van der Waals surface area contributed by atoms with E-state index in [4.69, 9.17) is 0 Å². The minimum atomic E-state index is -3.58. The van der Waals surface area contributed by atoms with Gasteiger partial charge in [0.2, 0.25) is 15.9 Å².